The molecular weight excluding hydrogens is 397 g/mol. The maximum Gasteiger partial charge on any atom is 1.00 e. The molecule has 0 aromatic heterocycles. The first-order valence-electron chi connectivity index (χ1n) is 1.53. The average Bonchev–Trinajstić information content (AvgIpc) is 1.65. The first-order chi connectivity index (χ1) is 4.00. The molecule has 0 aliphatic heterocycles. The predicted molar refractivity (Wildman–Crippen MR) is 25.8 cm³/mol. The van der Waals surface area contributed by atoms with Crippen LogP contribution >= 0.6 is 23.0 Å². The molecule has 0 aromatic rings. The summed E-state index contributed by atoms with van der Waals surface area (Å²) < 4.78 is 22.3. The minimum atomic E-state index is -3.30. The zero-order chi connectivity index (χ0) is 7.86. The monoisotopic (exact) mass is 400 g/mol. The van der Waals surface area contributed by atoms with Gasteiger partial charge < -0.3 is 16.8 Å². The van der Waals surface area contributed by atoms with Crippen LogP contribution in [-0.4, -0.2) is 5.97 Å². The molecule has 5 nitrogen and oxygen atoms in total. The molecule has 0 fully saturated rings. The molecule has 0 unspecified atom stereocenters. The summed E-state index contributed by atoms with van der Waals surface area (Å²) in [5.41, 5.74) is 0. The van der Waals surface area contributed by atoms with Gasteiger partial charge in [-0.3, -0.25) is 0 Å². The van der Waals surface area contributed by atoms with E-state index in [2.05, 4.69) is 1.40 Å². The summed E-state index contributed by atoms with van der Waals surface area (Å²) in [4.78, 5) is 8.89. The van der Waals surface area contributed by atoms with E-state index >= 15 is 0 Å². The van der Waals surface area contributed by atoms with Crippen LogP contribution in [0.15, 0.2) is 0 Å². The first kappa shape index (κ1) is 18.3. The zero-order valence-corrected chi connectivity index (χ0v) is 12.7. The number of halogens is 2. The van der Waals surface area contributed by atoms with E-state index in [1.54, 1.807) is 0 Å². The van der Waals surface area contributed by atoms with Gasteiger partial charge in [0.15, 0.2) is 0 Å². The molecule has 0 rings (SSSR count). The standard InChI is InChI=1S/C2H4O2.I2O3.K/c1-2(3)4;1-5-2(3)4;/h1H3,(H,3,4);;/q;;+1/p-1. The molecule has 0 bridgehead atoms. The van der Waals surface area contributed by atoms with Crippen LogP contribution in [0.3, 0.4) is 0 Å². The summed E-state index contributed by atoms with van der Waals surface area (Å²) in [6.45, 7) is 0.972. The third-order valence-corrected chi connectivity index (χ3v) is 2.14. The van der Waals surface area contributed by atoms with Crippen molar-refractivity contribution in [2.75, 3.05) is 0 Å². The van der Waals surface area contributed by atoms with Crippen molar-refractivity contribution in [3.8, 4) is 0 Å². The number of carboxylic acid groups (broad SMARTS) is 1. The maximum absolute atomic E-state index is 9.27. The van der Waals surface area contributed by atoms with E-state index in [4.69, 9.17) is 9.90 Å². The number of aliphatic carboxylic acids is 1. The molecule has 0 aromatic carbocycles. The topological polar surface area (TPSA) is 95.5 Å². The van der Waals surface area contributed by atoms with Crippen LogP contribution in [-0.2, 0) is 6.19 Å². The average molecular weight is 400 g/mol. The van der Waals surface area contributed by atoms with E-state index in [0.29, 0.717) is 0 Å². The Morgan fingerprint density at radius 3 is 1.70 bits per heavy atom. The van der Waals surface area contributed by atoms with Crippen molar-refractivity contribution in [1.82, 2.24) is 0 Å². The van der Waals surface area contributed by atoms with Crippen LogP contribution in [0.1, 0.15) is 6.92 Å². The Balaban J connectivity index is -0.0000000910. The van der Waals surface area contributed by atoms with Crippen LogP contribution in [0.4, 0.5) is 0 Å². The zero-order valence-electron chi connectivity index (χ0n) is 5.30. The van der Waals surface area contributed by atoms with Crippen LogP contribution in [0.25, 0.3) is 0 Å². The number of hydrogen-bond acceptors (Lipinski definition) is 5. The van der Waals surface area contributed by atoms with Crippen molar-refractivity contribution in [3.63, 3.8) is 0 Å². The van der Waals surface area contributed by atoms with E-state index < -0.39 is 27.0 Å². The molecule has 0 saturated carbocycles. The minimum absolute atomic E-state index is 0. The fourth-order valence-corrected chi connectivity index (χ4v) is 0. The molecule has 0 saturated heterocycles. The van der Waals surface area contributed by atoms with Crippen molar-refractivity contribution >= 4 is 29.0 Å². The Bertz CT molecular complexity index is 74.0. The van der Waals surface area contributed by atoms with Crippen molar-refractivity contribution in [1.29, 1.82) is 0 Å². The van der Waals surface area contributed by atoms with E-state index in [1.807, 2.05) is 0 Å². The summed E-state index contributed by atoms with van der Waals surface area (Å²) in [7, 11) is 0. The van der Waals surface area contributed by atoms with Gasteiger partial charge in [-0.2, -0.15) is 0 Å². The summed E-state index contributed by atoms with van der Waals surface area (Å²) >= 11 is -1.97. The minimum Gasteiger partial charge on any atom is -0.550 e. The van der Waals surface area contributed by atoms with Crippen molar-refractivity contribution in [2.24, 2.45) is 0 Å². The molecule has 8 heteroatoms. The fourth-order valence-electron chi connectivity index (χ4n) is 0. The summed E-state index contributed by atoms with van der Waals surface area (Å²) in [5.74, 6) is -1.08. The summed E-state index contributed by atoms with van der Waals surface area (Å²) in [6.07, 6.45) is 0. The summed E-state index contributed by atoms with van der Waals surface area (Å²) in [5, 5.41) is 8.89. The molecule has 0 aliphatic rings. The van der Waals surface area contributed by atoms with Crippen LogP contribution in [0, 0.1) is 0 Å². The Hall–Kier alpha value is 2.45. The molecule has 0 heterocycles. The second-order valence-corrected chi connectivity index (χ2v) is 4.38. The normalized spacial score (nSPS) is 7.30. The Morgan fingerprint density at radius 1 is 1.60 bits per heavy atom. The third kappa shape index (κ3) is 47.2. The third-order valence-electron chi connectivity index (χ3n) is 0.0476. The van der Waals surface area contributed by atoms with Crippen LogP contribution in [0.2, 0.25) is 0 Å². The van der Waals surface area contributed by atoms with Crippen LogP contribution < -0.4 is 84.4 Å². The Kier molecular flexibility index (Phi) is 25.6. The van der Waals surface area contributed by atoms with Gasteiger partial charge in [-0.25, -0.2) is 0 Å². The largest absolute Gasteiger partial charge is 1.00 e. The molecule has 0 radical (unpaired) electrons. The summed E-state index contributed by atoms with van der Waals surface area (Å²) in [6, 6.07) is 0. The second kappa shape index (κ2) is 14.0. The van der Waals surface area contributed by atoms with Crippen molar-refractivity contribution in [2.45, 2.75) is 6.92 Å². The molecule has 0 N–H and O–H groups in total. The molecule has 10 heavy (non-hydrogen) atoms. The predicted octanol–water partition coefficient (Wildman–Crippen LogP) is -8.80. The van der Waals surface area contributed by atoms with Gasteiger partial charge in [0.1, 0.15) is 0 Å². The molecule has 0 spiro atoms. The SMILES string of the molecule is CC(=O)[O-].[K+].[O-][I+2]([O-])OI. The van der Waals surface area contributed by atoms with Crippen molar-refractivity contribution in [3.05, 3.63) is 0 Å². The van der Waals surface area contributed by atoms with E-state index in [1.165, 1.54) is 23.0 Å². The van der Waals surface area contributed by atoms with E-state index in [0.717, 1.165) is 6.92 Å². The van der Waals surface area contributed by atoms with E-state index in [-0.39, 0.29) is 51.4 Å². The number of rotatable bonds is 1. The van der Waals surface area contributed by atoms with Gasteiger partial charge in [0.05, 0.1) is 0 Å². The van der Waals surface area contributed by atoms with Crippen LogP contribution in [0.5, 0.6) is 0 Å². The van der Waals surface area contributed by atoms with Gasteiger partial charge in [-0.05, 0) is 6.92 Å². The maximum atomic E-state index is 9.27. The van der Waals surface area contributed by atoms with E-state index in [9.17, 15) is 6.87 Å². The molecule has 0 amide bonds. The number of hydrogen-bond donors (Lipinski definition) is 0. The number of carbonyl (C=O) groups excluding carboxylic acids is 1. The molecule has 0 aliphatic carbocycles. The van der Waals surface area contributed by atoms with Gasteiger partial charge in [-0.1, -0.05) is 0 Å². The first-order valence-corrected chi connectivity index (χ1v) is 5.05. The van der Waals surface area contributed by atoms with Gasteiger partial charge in [0, 0.05) is 7.37 Å². The quantitative estimate of drug-likeness (QED) is 0.322. The number of carboxylic acids is 1. The molecule has 56 valence electrons. The Labute approximate surface area is 124 Å². The Morgan fingerprint density at radius 2 is 1.70 bits per heavy atom. The fraction of sp³-hybridized carbons (Fsp3) is 0.500. The molecular formula is C2H3I2KO5. The van der Waals surface area contributed by atoms with Gasteiger partial charge in [0.2, 0.25) is 23.0 Å². The van der Waals surface area contributed by atoms with Crippen molar-refractivity contribution < 1.29 is 90.6 Å². The second-order valence-electron chi connectivity index (χ2n) is 0.739. The van der Waals surface area contributed by atoms with Gasteiger partial charge in [-0.15, -0.1) is 0 Å². The number of carbonyl (C=O) groups is 1. The van der Waals surface area contributed by atoms with Gasteiger partial charge in [0.25, 0.3) is 0 Å². The van der Waals surface area contributed by atoms with Gasteiger partial charge >= 0.3 is 72.4 Å². The molecule has 0 atom stereocenters. The smallest absolute Gasteiger partial charge is 0.550 e.